The maximum Gasteiger partial charge on any atom is 0.264 e. The molecule has 100 valence electrons. The molecule has 1 aromatic rings. The highest BCUT2D eigenvalue weighted by Crippen LogP contribution is 2.32. The second-order valence-corrected chi connectivity index (χ2v) is 8.08. The van der Waals surface area contributed by atoms with Gasteiger partial charge in [0.15, 0.2) is 0 Å². The summed E-state index contributed by atoms with van der Waals surface area (Å²) in [6.45, 7) is 4.23. The molecule has 1 fully saturated rings. The summed E-state index contributed by atoms with van der Waals surface area (Å²) in [4.78, 5) is 15.1. The Balaban J connectivity index is 2.31. The van der Waals surface area contributed by atoms with Gasteiger partial charge in [0.05, 0.1) is 9.77 Å². The molecule has 1 amide bonds. The van der Waals surface area contributed by atoms with Crippen LogP contribution in [0, 0.1) is 6.92 Å². The van der Waals surface area contributed by atoms with Crippen molar-refractivity contribution in [2.24, 2.45) is 0 Å². The summed E-state index contributed by atoms with van der Waals surface area (Å²) in [6.07, 6.45) is 2.06. The fourth-order valence-electron chi connectivity index (χ4n) is 1.91. The van der Waals surface area contributed by atoms with Gasteiger partial charge in [0.25, 0.3) is 15.0 Å². The predicted molar refractivity (Wildman–Crippen MR) is 71.8 cm³/mol. The van der Waals surface area contributed by atoms with E-state index in [9.17, 15) is 13.2 Å². The standard InChI is InChI=1S/C11H14ClNO3S2/c1-3-13(8-4-5-8)11(14)9-6-10(7(2)17-9)18(12,15)16/h6,8H,3-5H2,1-2H3. The van der Waals surface area contributed by atoms with Gasteiger partial charge in [0.1, 0.15) is 0 Å². The predicted octanol–water partition coefficient (Wildman–Crippen LogP) is 2.61. The topological polar surface area (TPSA) is 54.5 Å². The van der Waals surface area contributed by atoms with Crippen LogP contribution in [0.5, 0.6) is 0 Å². The van der Waals surface area contributed by atoms with Gasteiger partial charge in [-0.05, 0) is 32.8 Å². The number of rotatable bonds is 4. The first kappa shape index (κ1) is 13.8. The molecule has 0 aromatic carbocycles. The monoisotopic (exact) mass is 307 g/mol. The zero-order chi connectivity index (χ0) is 13.5. The third-order valence-corrected chi connectivity index (χ3v) is 5.55. The molecule has 4 nitrogen and oxygen atoms in total. The first-order chi connectivity index (χ1) is 8.34. The second kappa shape index (κ2) is 4.83. The van der Waals surface area contributed by atoms with Crippen molar-refractivity contribution in [1.82, 2.24) is 4.90 Å². The molecular formula is C11H14ClNO3S2. The van der Waals surface area contributed by atoms with Gasteiger partial charge in [-0.3, -0.25) is 4.79 Å². The van der Waals surface area contributed by atoms with Gasteiger partial charge in [-0.2, -0.15) is 0 Å². The molecule has 0 N–H and O–H groups in total. The number of carbonyl (C=O) groups is 1. The summed E-state index contributed by atoms with van der Waals surface area (Å²) < 4.78 is 22.6. The van der Waals surface area contributed by atoms with Crippen molar-refractivity contribution in [1.29, 1.82) is 0 Å². The molecule has 18 heavy (non-hydrogen) atoms. The van der Waals surface area contributed by atoms with Gasteiger partial charge in [-0.1, -0.05) is 0 Å². The minimum Gasteiger partial charge on any atom is -0.335 e. The fourth-order valence-corrected chi connectivity index (χ4v) is 4.53. The van der Waals surface area contributed by atoms with Crippen LogP contribution < -0.4 is 0 Å². The summed E-state index contributed by atoms with van der Waals surface area (Å²) in [5.74, 6) is -0.0975. The van der Waals surface area contributed by atoms with Crippen LogP contribution in [0.1, 0.15) is 34.3 Å². The van der Waals surface area contributed by atoms with Gasteiger partial charge in [-0.15, -0.1) is 11.3 Å². The highest BCUT2D eigenvalue weighted by Gasteiger charge is 2.33. The summed E-state index contributed by atoms with van der Waals surface area (Å²) >= 11 is 1.18. The van der Waals surface area contributed by atoms with E-state index in [1.807, 2.05) is 6.92 Å². The van der Waals surface area contributed by atoms with E-state index in [2.05, 4.69) is 0 Å². The quantitative estimate of drug-likeness (QED) is 0.803. The molecule has 0 aliphatic heterocycles. The van der Waals surface area contributed by atoms with Crippen molar-refractivity contribution in [3.05, 3.63) is 15.8 Å². The Morgan fingerprint density at radius 3 is 2.56 bits per heavy atom. The zero-order valence-corrected chi connectivity index (χ0v) is 12.5. The van der Waals surface area contributed by atoms with Gasteiger partial charge >= 0.3 is 0 Å². The summed E-state index contributed by atoms with van der Waals surface area (Å²) in [7, 11) is 1.55. The van der Waals surface area contributed by atoms with E-state index in [4.69, 9.17) is 10.7 Å². The Hall–Kier alpha value is -0.590. The summed E-state index contributed by atoms with van der Waals surface area (Å²) in [5, 5.41) is 0. The minimum absolute atomic E-state index is 0.0457. The maximum atomic E-state index is 12.2. The molecule has 1 aliphatic rings. The van der Waals surface area contributed by atoms with Crippen molar-refractivity contribution >= 4 is 37.0 Å². The molecule has 0 radical (unpaired) electrons. The molecular weight excluding hydrogens is 294 g/mol. The van der Waals surface area contributed by atoms with Crippen LogP contribution >= 0.6 is 22.0 Å². The van der Waals surface area contributed by atoms with Crippen molar-refractivity contribution in [3.63, 3.8) is 0 Å². The van der Waals surface area contributed by atoms with Crippen LogP contribution in [0.15, 0.2) is 11.0 Å². The Bertz CT molecular complexity index is 575. The Morgan fingerprint density at radius 2 is 2.17 bits per heavy atom. The number of thiophene rings is 1. The van der Waals surface area contributed by atoms with E-state index in [-0.39, 0.29) is 10.8 Å². The molecule has 0 saturated heterocycles. The lowest BCUT2D eigenvalue weighted by atomic mass is 10.3. The number of carbonyl (C=O) groups excluding carboxylic acids is 1. The van der Waals surface area contributed by atoms with E-state index in [0.717, 1.165) is 12.8 Å². The Morgan fingerprint density at radius 1 is 1.56 bits per heavy atom. The molecule has 1 heterocycles. The maximum absolute atomic E-state index is 12.2. The molecule has 7 heteroatoms. The van der Waals surface area contributed by atoms with Crippen LogP contribution in [0.3, 0.4) is 0 Å². The lowest BCUT2D eigenvalue weighted by Crippen LogP contribution is -2.32. The number of nitrogens with zero attached hydrogens (tertiary/aromatic N) is 1. The van der Waals surface area contributed by atoms with Crippen LogP contribution in [-0.2, 0) is 9.05 Å². The average molecular weight is 308 g/mol. The van der Waals surface area contributed by atoms with Gasteiger partial charge in [0, 0.05) is 28.1 Å². The van der Waals surface area contributed by atoms with Gasteiger partial charge in [0.2, 0.25) is 0 Å². The van der Waals surface area contributed by atoms with Crippen molar-refractivity contribution in [2.75, 3.05) is 6.54 Å². The number of hydrogen-bond acceptors (Lipinski definition) is 4. The van der Waals surface area contributed by atoms with E-state index < -0.39 is 9.05 Å². The molecule has 0 bridgehead atoms. The highest BCUT2D eigenvalue weighted by atomic mass is 35.7. The lowest BCUT2D eigenvalue weighted by Gasteiger charge is -2.19. The Labute approximate surface area is 115 Å². The molecule has 0 atom stereocenters. The smallest absolute Gasteiger partial charge is 0.264 e. The van der Waals surface area contributed by atoms with Crippen LogP contribution in [0.2, 0.25) is 0 Å². The summed E-state index contributed by atoms with van der Waals surface area (Å²) in [6, 6.07) is 1.70. The first-order valence-corrected chi connectivity index (χ1v) is 8.83. The van der Waals surface area contributed by atoms with E-state index in [1.165, 1.54) is 17.4 Å². The van der Waals surface area contributed by atoms with Crippen molar-refractivity contribution in [3.8, 4) is 0 Å². The lowest BCUT2D eigenvalue weighted by molar-refractivity contribution is 0.0757. The number of hydrogen-bond donors (Lipinski definition) is 0. The molecule has 1 saturated carbocycles. The third kappa shape index (κ3) is 2.70. The van der Waals surface area contributed by atoms with E-state index in [0.29, 0.717) is 22.3 Å². The largest absolute Gasteiger partial charge is 0.335 e. The van der Waals surface area contributed by atoms with Crippen molar-refractivity contribution in [2.45, 2.75) is 37.6 Å². The minimum atomic E-state index is -3.77. The molecule has 1 aliphatic carbocycles. The number of amides is 1. The van der Waals surface area contributed by atoms with Crippen LogP contribution in [0.25, 0.3) is 0 Å². The molecule has 2 rings (SSSR count). The molecule has 1 aromatic heterocycles. The van der Waals surface area contributed by atoms with Crippen molar-refractivity contribution < 1.29 is 13.2 Å². The fraction of sp³-hybridized carbons (Fsp3) is 0.545. The Kier molecular flexibility index (Phi) is 3.71. The first-order valence-electron chi connectivity index (χ1n) is 5.70. The van der Waals surface area contributed by atoms with E-state index >= 15 is 0 Å². The average Bonchev–Trinajstić information content (AvgIpc) is 3.00. The molecule has 0 unspecified atom stereocenters. The number of halogens is 1. The van der Waals surface area contributed by atoms with Crippen LogP contribution in [0.4, 0.5) is 0 Å². The second-order valence-electron chi connectivity index (χ2n) is 4.29. The SMILES string of the molecule is CCN(C(=O)c1cc(S(=O)(=O)Cl)c(C)s1)C1CC1. The highest BCUT2D eigenvalue weighted by molar-refractivity contribution is 8.13. The van der Waals surface area contributed by atoms with Crippen LogP contribution in [-0.4, -0.2) is 31.8 Å². The number of aryl methyl sites for hydroxylation is 1. The molecule has 0 spiro atoms. The summed E-state index contributed by atoms with van der Waals surface area (Å²) in [5.41, 5.74) is 0. The van der Waals surface area contributed by atoms with Gasteiger partial charge < -0.3 is 4.90 Å². The zero-order valence-electron chi connectivity index (χ0n) is 10.1. The van der Waals surface area contributed by atoms with Gasteiger partial charge in [-0.25, -0.2) is 8.42 Å². The third-order valence-electron chi connectivity index (χ3n) is 2.93. The van der Waals surface area contributed by atoms with E-state index in [1.54, 1.807) is 11.8 Å². The normalized spacial score (nSPS) is 15.7.